The molecule has 0 aromatic carbocycles. The van der Waals surface area contributed by atoms with Gasteiger partial charge in [0.05, 0.1) is 20.3 Å². The number of nitrogens with zero attached hydrogens (tertiary/aromatic N) is 2. The van der Waals surface area contributed by atoms with Gasteiger partial charge in [0.25, 0.3) is 11.4 Å². The molecule has 0 spiro atoms. The van der Waals surface area contributed by atoms with Gasteiger partial charge in [-0.25, -0.2) is 0 Å². The zero-order chi connectivity index (χ0) is 12.7. The maximum atomic E-state index is 12.3. The Morgan fingerprint density at radius 3 is 2.59 bits per heavy atom. The van der Waals surface area contributed by atoms with E-state index in [1.54, 1.807) is 6.92 Å². The molecule has 94 valence electrons. The van der Waals surface area contributed by atoms with Crippen molar-refractivity contribution in [2.24, 2.45) is 0 Å². The largest absolute Gasteiger partial charge is 0.805 e. The number of hydrogen-bond donors (Lipinski definition) is 0. The van der Waals surface area contributed by atoms with Gasteiger partial charge in [-0.15, -0.1) is 0 Å². The van der Waals surface area contributed by atoms with E-state index in [0.29, 0.717) is 28.1 Å². The topological polar surface area (TPSA) is 51.0 Å². The molecule has 0 radical (unpaired) electrons. The Morgan fingerprint density at radius 1 is 1.41 bits per heavy atom. The van der Waals surface area contributed by atoms with Crippen molar-refractivity contribution in [1.82, 2.24) is 4.73 Å². The Hall–Kier alpha value is 0.120. The fourth-order valence-corrected chi connectivity index (χ4v) is 4.09. The van der Waals surface area contributed by atoms with E-state index in [0.717, 1.165) is 22.0 Å². The van der Waals surface area contributed by atoms with Crippen LogP contribution in [0.2, 0.25) is 0 Å². The predicted molar refractivity (Wildman–Crippen MR) is 76.5 cm³/mol. The molecule has 1 aliphatic rings. The van der Waals surface area contributed by atoms with E-state index in [1.807, 2.05) is 0 Å². The molecule has 1 aliphatic carbocycles. The number of alkyl halides is 3. The second kappa shape index (κ2) is 5.01. The van der Waals surface area contributed by atoms with Gasteiger partial charge in [-0.1, -0.05) is 47.8 Å². The highest BCUT2D eigenvalue weighted by molar-refractivity contribution is 9.09. The molecule has 0 unspecified atom stereocenters. The minimum absolute atomic E-state index is 0.0490. The van der Waals surface area contributed by atoms with Gasteiger partial charge in [0, 0.05) is 4.91 Å². The summed E-state index contributed by atoms with van der Waals surface area (Å²) >= 11 is 10.2. The molecule has 2 atom stereocenters. The van der Waals surface area contributed by atoms with E-state index in [9.17, 15) is 10.1 Å². The molecular weight excluding hydrogens is 420 g/mol. The van der Waals surface area contributed by atoms with Gasteiger partial charge in [0.2, 0.25) is 0 Å². The standard InChI is InChI=1S/C10H11Br3N2O2/c1-5-8(4-11)15(17)10-7(13)3-2-6(12)9(10)14(5)16/h6-7H,2-4H2,1H3/t6-,7-/m1/s1. The van der Waals surface area contributed by atoms with Gasteiger partial charge in [0.1, 0.15) is 10.5 Å². The van der Waals surface area contributed by atoms with E-state index in [2.05, 4.69) is 47.8 Å². The lowest BCUT2D eigenvalue weighted by atomic mass is 9.99. The fraction of sp³-hybridized carbons (Fsp3) is 0.600. The molecule has 0 N–H and O–H groups in total. The minimum Gasteiger partial charge on any atom is -0.805 e. The molecule has 4 nitrogen and oxygen atoms in total. The predicted octanol–water partition coefficient (Wildman–Crippen LogP) is 3.62. The van der Waals surface area contributed by atoms with Crippen LogP contribution in [0.15, 0.2) is 0 Å². The quantitative estimate of drug-likeness (QED) is 0.504. The summed E-state index contributed by atoms with van der Waals surface area (Å²) in [4.78, 5) is 12.2. The van der Waals surface area contributed by atoms with E-state index in [-0.39, 0.29) is 9.65 Å². The van der Waals surface area contributed by atoms with Crippen LogP contribution in [-0.4, -0.2) is 4.73 Å². The van der Waals surface area contributed by atoms with Crippen LogP contribution in [0.4, 0.5) is 0 Å². The molecule has 2 rings (SSSR count). The summed E-state index contributed by atoms with van der Waals surface area (Å²) in [7, 11) is 0. The first-order valence-corrected chi connectivity index (χ1v) is 8.16. The number of aromatic nitrogens is 2. The summed E-state index contributed by atoms with van der Waals surface area (Å²) in [6.07, 6.45) is 1.69. The maximum absolute atomic E-state index is 12.3. The van der Waals surface area contributed by atoms with Crippen molar-refractivity contribution in [3.05, 3.63) is 32.9 Å². The molecule has 1 heterocycles. The van der Waals surface area contributed by atoms with Crippen LogP contribution in [-0.2, 0) is 5.33 Å². The van der Waals surface area contributed by atoms with Crippen molar-refractivity contribution in [3.8, 4) is 0 Å². The van der Waals surface area contributed by atoms with Crippen molar-refractivity contribution in [2.45, 2.75) is 34.7 Å². The lowest BCUT2D eigenvalue weighted by molar-refractivity contribution is -0.516. The van der Waals surface area contributed by atoms with Gasteiger partial charge in [-0.3, -0.25) is 0 Å². The first-order valence-electron chi connectivity index (χ1n) is 5.21. The van der Waals surface area contributed by atoms with Crippen molar-refractivity contribution in [3.63, 3.8) is 0 Å². The molecule has 0 saturated heterocycles. The van der Waals surface area contributed by atoms with Gasteiger partial charge in [0.15, 0.2) is 0 Å². The maximum Gasteiger partial charge on any atom is 0.273 e. The number of hydrogen-bond acceptors (Lipinski definition) is 2. The van der Waals surface area contributed by atoms with E-state index >= 15 is 0 Å². The third-order valence-corrected chi connectivity index (χ3v) is 5.38. The van der Waals surface area contributed by atoms with Crippen molar-refractivity contribution in [1.29, 1.82) is 0 Å². The lowest BCUT2D eigenvalue weighted by Crippen LogP contribution is -2.35. The highest BCUT2D eigenvalue weighted by Gasteiger charge is 2.36. The van der Waals surface area contributed by atoms with E-state index < -0.39 is 0 Å². The third-order valence-electron chi connectivity index (χ3n) is 3.06. The summed E-state index contributed by atoms with van der Waals surface area (Å²) in [6.45, 7) is 1.68. The second-order valence-corrected chi connectivity index (χ2v) is 6.81. The van der Waals surface area contributed by atoms with Gasteiger partial charge < -0.3 is 9.94 Å². The summed E-state index contributed by atoms with van der Waals surface area (Å²) in [5.41, 5.74) is 2.01. The highest BCUT2D eigenvalue weighted by atomic mass is 79.9. The van der Waals surface area contributed by atoms with Crippen LogP contribution >= 0.6 is 47.8 Å². The minimum atomic E-state index is -0.0533. The molecule has 1 aromatic rings. The highest BCUT2D eigenvalue weighted by Crippen LogP contribution is 2.43. The SMILES string of the molecule is Cc1c(CBr)[n+](=O)c2c(n1[O-])[C@H](Br)CC[C@H]2Br. The summed E-state index contributed by atoms with van der Waals surface area (Å²) in [6, 6.07) is 0. The first-order chi connectivity index (χ1) is 7.99. The second-order valence-electron chi connectivity index (χ2n) is 4.04. The normalized spacial score (nSPS) is 23.5. The smallest absolute Gasteiger partial charge is 0.273 e. The van der Waals surface area contributed by atoms with Crippen LogP contribution in [0.5, 0.6) is 0 Å². The average molecular weight is 431 g/mol. The van der Waals surface area contributed by atoms with Crippen LogP contribution in [0.3, 0.4) is 0 Å². The number of halogens is 3. The van der Waals surface area contributed by atoms with Crippen LogP contribution in [0.1, 0.15) is 45.3 Å². The van der Waals surface area contributed by atoms with Crippen molar-refractivity contribution in [2.75, 3.05) is 0 Å². The van der Waals surface area contributed by atoms with Crippen LogP contribution in [0, 0.1) is 17.0 Å². The Labute approximate surface area is 124 Å². The van der Waals surface area contributed by atoms with Gasteiger partial charge in [-0.2, -0.15) is 0 Å². The molecule has 7 heteroatoms. The van der Waals surface area contributed by atoms with Crippen molar-refractivity contribution >= 4 is 47.8 Å². The Kier molecular flexibility index (Phi) is 3.99. The van der Waals surface area contributed by atoms with E-state index in [1.165, 1.54) is 0 Å². The molecule has 0 saturated carbocycles. The van der Waals surface area contributed by atoms with Crippen molar-refractivity contribution < 1.29 is 4.43 Å². The molecule has 0 bridgehead atoms. The average Bonchev–Trinajstić information content (AvgIpc) is 2.30. The number of fused-ring (bicyclic) bond motifs is 1. The Morgan fingerprint density at radius 2 is 2.00 bits per heavy atom. The number of rotatable bonds is 1. The molecule has 0 amide bonds. The zero-order valence-corrected chi connectivity index (χ0v) is 13.9. The molecule has 1 aromatic heterocycles. The lowest BCUT2D eigenvalue weighted by Gasteiger charge is -2.28. The first kappa shape index (κ1) is 13.5. The van der Waals surface area contributed by atoms with Crippen LogP contribution < -0.4 is 4.43 Å². The molecule has 17 heavy (non-hydrogen) atoms. The molecule has 0 aliphatic heterocycles. The monoisotopic (exact) mass is 428 g/mol. The molecular formula is C10H11Br3N2O2. The Balaban J connectivity index is 2.83. The van der Waals surface area contributed by atoms with Gasteiger partial charge in [-0.05, 0) is 19.8 Å². The summed E-state index contributed by atoms with van der Waals surface area (Å²) < 4.78 is 1.77. The Bertz CT molecular complexity index is 515. The van der Waals surface area contributed by atoms with Gasteiger partial charge >= 0.3 is 0 Å². The fourth-order valence-electron chi connectivity index (χ4n) is 2.09. The van der Waals surface area contributed by atoms with E-state index in [4.69, 9.17) is 0 Å². The molecule has 0 fully saturated rings. The summed E-state index contributed by atoms with van der Waals surface area (Å²) in [5, 5.41) is 12.6. The van der Waals surface area contributed by atoms with Crippen LogP contribution in [0.25, 0.3) is 0 Å². The summed E-state index contributed by atoms with van der Waals surface area (Å²) in [5.74, 6) is 0. The zero-order valence-electron chi connectivity index (χ0n) is 9.12. The third kappa shape index (κ3) is 2.10.